The second kappa shape index (κ2) is 7.21. The smallest absolute Gasteiger partial charge is 0.255 e. The highest BCUT2D eigenvalue weighted by molar-refractivity contribution is 5.98. The summed E-state index contributed by atoms with van der Waals surface area (Å²) in [5.74, 6) is 0.219. The first kappa shape index (κ1) is 17.2. The predicted molar refractivity (Wildman–Crippen MR) is 103 cm³/mol. The first-order valence-electron chi connectivity index (χ1n) is 8.82. The van der Waals surface area contributed by atoms with Crippen molar-refractivity contribution < 1.29 is 14.6 Å². The second-order valence-corrected chi connectivity index (χ2v) is 6.57. The quantitative estimate of drug-likeness (QED) is 0.750. The van der Waals surface area contributed by atoms with Gasteiger partial charge in [0.1, 0.15) is 5.75 Å². The Balaban J connectivity index is 1.61. The van der Waals surface area contributed by atoms with Crippen LogP contribution in [0.25, 0.3) is 11.1 Å². The number of rotatable bonds is 4. The second-order valence-electron chi connectivity index (χ2n) is 6.57. The summed E-state index contributed by atoms with van der Waals surface area (Å²) in [6, 6.07) is 16.6. The Labute approximate surface area is 157 Å². The van der Waals surface area contributed by atoms with Gasteiger partial charge in [0.15, 0.2) is 0 Å². The highest BCUT2D eigenvalue weighted by Gasteiger charge is 2.32. The Morgan fingerprint density at radius 3 is 2.67 bits per heavy atom. The Bertz CT molecular complexity index is 972. The molecule has 1 amide bonds. The lowest BCUT2D eigenvalue weighted by Crippen LogP contribution is -2.34. The standard InChI is InChI=1S/C22H20N2O3/c1-27-20-13-15(14-8-10-23-11-9-14)6-7-18(20)22(26)24-21-17-5-3-2-4-16(17)12-19(21)25/h2-11,13,19,21,25H,12H2,1H3,(H,24,26)/t19-,21+/m0/s1. The molecule has 2 atom stereocenters. The fraction of sp³-hybridized carbons (Fsp3) is 0.182. The highest BCUT2D eigenvalue weighted by Crippen LogP contribution is 2.32. The van der Waals surface area contributed by atoms with Gasteiger partial charge in [-0.25, -0.2) is 0 Å². The van der Waals surface area contributed by atoms with Crippen LogP contribution in [0, 0.1) is 0 Å². The van der Waals surface area contributed by atoms with E-state index < -0.39 is 12.1 Å². The Hall–Kier alpha value is -3.18. The van der Waals surface area contributed by atoms with Crippen LogP contribution in [0.2, 0.25) is 0 Å². The van der Waals surface area contributed by atoms with Crippen molar-refractivity contribution in [2.45, 2.75) is 18.6 Å². The monoisotopic (exact) mass is 360 g/mol. The van der Waals surface area contributed by atoms with Crippen molar-refractivity contribution in [1.82, 2.24) is 10.3 Å². The van der Waals surface area contributed by atoms with E-state index in [2.05, 4.69) is 10.3 Å². The topological polar surface area (TPSA) is 71.5 Å². The zero-order valence-corrected chi connectivity index (χ0v) is 14.9. The summed E-state index contributed by atoms with van der Waals surface area (Å²) in [4.78, 5) is 16.9. The molecule has 5 nitrogen and oxygen atoms in total. The minimum atomic E-state index is -0.631. The van der Waals surface area contributed by atoms with Gasteiger partial charge in [-0.1, -0.05) is 30.3 Å². The molecule has 27 heavy (non-hydrogen) atoms. The number of carbonyl (C=O) groups excluding carboxylic acids is 1. The minimum absolute atomic E-state index is 0.270. The molecule has 1 aliphatic rings. The van der Waals surface area contributed by atoms with Crippen LogP contribution in [0.15, 0.2) is 67.0 Å². The molecule has 0 bridgehead atoms. The van der Waals surface area contributed by atoms with Gasteiger partial charge in [-0.05, 0) is 46.5 Å². The van der Waals surface area contributed by atoms with Gasteiger partial charge in [-0.3, -0.25) is 9.78 Å². The molecule has 1 heterocycles. The van der Waals surface area contributed by atoms with Crippen molar-refractivity contribution in [1.29, 1.82) is 0 Å². The average molecular weight is 360 g/mol. The predicted octanol–water partition coefficient (Wildman–Crippen LogP) is 3.15. The molecule has 0 fully saturated rings. The van der Waals surface area contributed by atoms with Gasteiger partial charge in [0.2, 0.25) is 0 Å². The molecule has 1 aliphatic carbocycles. The minimum Gasteiger partial charge on any atom is -0.496 e. The summed E-state index contributed by atoms with van der Waals surface area (Å²) >= 11 is 0. The number of aliphatic hydroxyl groups is 1. The number of benzene rings is 2. The van der Waals surface area contributed by atoms with E-state index in [1.165, 1.54) is 0 Å². The summed E-state index contributed by atoms with van der Waals surface area (Å²) in [6.45, 7) is 0. The number of aromatic nitrogens is 1. The van der Waals surface area contributed by atoms with Crippen LogP contribution in [-0.2, 0) is 6.42 Å². The summed E-state index contributed by atoms with van der Waals surface area (Å²) in [5.41, 5.74) is 4.40. The molecule has 2 aromatic carbocycles. The van der Waals surface area contributed by atoms with Gasteiger partial charge in [0, 0.05) is 18.8 Å². The molecule has 0 aliphatic heterocycles. The van der Waals surface area contributed by atoms with Gasteiger partial charge in [0.05, 0.1) is 24.8 Å². The number of pyridine rings is 1. The van der Waals surface area contributed by atoms with Crippen LogP contribution in [-0.4, -0.2) is 29.2 Å². The van der Waals surface area contributed by atoms with E-state index in [1.54, 1.807) is 25.6 Å². The molecule has 1 aromatic heterocycles. The summed E-state index contributed by atoms with van der Waals surface area (Å²) in [5, 5.41) is 13.3. The molecular formula is C22H20N2O3. The molecule has 0 unspecified atom stereocenters. The average Bonchev–Trinajstić information content (AvgIpc) is 3.03. The third-order valence-corrected chi connectivity index (χ3v) is 4.95. The van der Waals surface area contributed by atoms with E-state index in [9.17, 15) is 9.90 Å². The fourth-order valence-electron chi connectivity index (χ4n) is 3.57. The number of methoxy groups -OCH3 is 1. The molecule has 0 spiro atoms. The Morgan fingerprint density at radius 2 is 1.89 bits per heavy atom. The first-order valence-corrected chi connectivity index (χ1v) is 8.82. The maximum atomic E-state index is 12.9. The Morgan fingerprint density at radius 1 is 1.11 bits per heavy atom. The number of aliphatic hydroxyl groups excluding tert-OH is 1. The van der Waals surface area contributed by atoms with Crippen molar-refractivity contribution in [2.24, 2.45) is 0 Å². The van der Waals surface area contributed by atoms with Gasteiger partial charge >= 0.3 is 0 Å². The van der Waals surface area contributed by atoms with Gasteiger partial charge < -0.3 is 15.2 Å². The first-order chi connectivity index (χ1) is 13.2. The van der Waals surface area contributed by atoms with E-state index in [0.717, 1.165) is 22.3 Å². The van der Waals surface area contributed by atoms with E-state index >= 15 is 0 Å². The SMILES string of the molecule is COc1cc(-c2ccncc2)ccc1C(=O)N[C@@H]1c2ccccc2C[C@@H]1O. The van der Waals surface area contributed by atoms with Crippen LogP contribution in [0.3, 0.4) is 0 Å². The van der Waals surface area contributed by atoms with Crippen molar-refractivity contribution in [3.63, 3.8) is 0 Å². The number of hydrogen-bond donors (Lipinski definition) is 2. The van der Waals surface area contributed by atoms with E-state index in [-0.39, 0.29) is 5.91 Å². The van der Waals surface area contributed by atoms with Crippen LogP contribution >= 0.6 is 0 Å². The van der Waals surface area contributed by atoms with Crippen LogP contribution in [0.1, 0.15) is 27.5 Å². The van der Waals surface area contributed by atoms with Gasteiger partial charge in [-0.2, -0.15) is 0 Å². The molecule has 2 N–H and O–H groups in total. The van der Waals surface area contributed by atoms with Crippen LogP contribution < -0.4 is 10.1 Å². The van der Waals surface area contributed by atoms with Crippen molar-refractivity contribution in [3.8, 4) is 16.9 Å². The summed E-state index contributed by atoms with van der Waals surface area (Å²) < 4.78 is 5.45. The number of amides is 1. The molecule has 136 valence electrons. The van der Waals surface area contributed by atoms with E-state index in [4.69, 9.17) is 4.74 Å². The summed E-state index contributed by atoms with van der Waals surface area (Å²) in [6.07, 6.45) is 3.36. The molecule has 0 radical (unpaired) electrons. The summed E-state index contributed by atoms with van der Waals surface area (Å²) in [7, 11) is 1.54. The maximum Gasteiger partial charge on any atom is 0.255 e. The van der Waals surface area contributed by atoms with E-state index in [0.29, 0.717) is 17.7 Å². The molecular weight excluding hydrogens is 340 g/mol. The number of nitrogens with zero attached hydrogens (tertiary/aromatic N) is 1. The molecule has 0 saturated heterocycles. The third-order valence-electron chi connectivity index (χ3n) is 4.95. The lowest BCUT2D eigenvalue weighted by Gasteiger charge is -2.19. The number of nitrogens with one attached hydrogen (secondary N) is 1. The normalized spacial score (nSPS) is 18.0. The largest absolute Gasteiger partial charge is 0.496 e. The number of fused-ring (bicyclic) bond motifs is 1. The van der Waals surface area contributed by atoms with Crippen molar-refractivity contribution in [2.75, 3.05) is 7.11 Å². The van der Waals surface area contributed by atoms with Crippen molar-refractivity contribution in [3.05, 3.63) is 83.7 Å². The fourth-order valence-corrected chi connectivity index (χ4v) is 3.57. The van der Waals surface area contributed by atoms with Crippen LogP contribution in [0.5, 0.6) is 5.75 Å². The third kappa shape index (κ3) is 3.29. The number of ether oxygens (including phenoxy) is 1. The van der Waals surface area contributed by atoms with E-state index in [1.807, 2.05) is 48.5 Å². The lowest BCUT2D eigenvalue weighted by atomic mass is 10.0. The van der Waals surface area contributed by atoms with Crippen molar-refractivity contribution >= 4 is 5.91 Å². The van der Waals surface area contributed by atoms with Crippen LogP contribution in [0.4, 0.5) is 0 Å². The number of hydrogen-bond acceptors (Lipinski definition) is 4. The maximum absolute atomic E-state index is 12.9. The number of carbonyl (C=O) groups is 1. The zero-order chi connectivity index (χ0) is 18.8. The Kier molecular flexibility index (Phi) is 4.60. The lowest BCUT2D eigenvalue weighted by molar-refractivity contribution is 0.0855. The molecule has 4 rings (SSSR count). The molecule has 5 heteroatoms. The van der Waals surface area contributed by atoms with Gasteiger partial charge in [0.25, 0.3) is 5.91 Å². The van der Waals surface area contributed by atoms with Gasteiger partial charge in [-0.15, -0.1) is 0 Å². The zero-order valence-electron chi connectivity index (χ0n) is 14.9. The highest BCUT2D eigenvalue weighted by atomic mass is 16.5. The molecule has 0 saturated carbocycles. The molecule has 3 aromatic rings.